The third kappa shape index (κ3) is 2.81. The first-order valence-corrected chi connectivity index (χ1v) is 7.96. The Morgan fingerprint density at radius 1 is 0.909 bits per heavy atom. The highest BCUT2D eigenvalue weighted by Gasteiger charge is 2.56. The lowest BCUT2D eigenvalue weighted by Crippen LogP contribution is -2.30. The van der Waals surface area contributed by atoms with E-state index in [4.69, 9.17) is 17.3 Å². The number of nitrogens with zero attached hydrogens (tertiary/aromatic N) is 1. The Balaban J connectivity index is 4.05. The molecule has 1 aromatic heterocycles. The van der Waals surface area contributed by atoms with Crippen LogP contribution in [0.15, 0.2) is 16.0 Å². The molecule has 6 nitrogen and oxygen atoms in total. The van der Waals surface area contributed by atoms with E-state index in [0.717, 1.165) is 0 Å². The molecule has 22 heavy (non-hydrogen) atoms. The largest absolute Gasteiger partial charge is 0.502 e. The molecule has 2 N–H and O–H groups in total. The number of hydrogen-bond donors (Lipinski definition) is 1. The zero-order chi connectivity index (χ0) is 17.7. The highest BCUT2D eigenvalue weighted by Crippen LogP contribution is 2.43. The van der Waals surface area contributed by atoms with E-state index in [2.05, 4.69) is 4.98 Å². The number of pyridine rings is 1. The van der Waals surface area contributed by atoms with Crippen LogP contribution in [0.2, 0.25) is 5.02 Å². The number of alkyl halides is 6. The summed E-state index contributed by atoms with van der Waals surface area (Å²) < 4.78 is 120. The summed E-state index contributed by atoms with van der Waals surface area (Å²) in [5, 5.41) is -1.48. The molecule has 0 amide bonds. The number of anilines is 1. The van der Waals surface area contributed by atoms with Gasteiger partial charge in [-0.05, 0) is 0 Å². The molecule has 0 aliphatic rings. The van der Waals surface area contributed by atoms with E-state index >= 15 is 0 Å². The van der Waals surface area contributed by atoms with Gasteiger partial charge in [0, 0.05) is 6.20 Å². The fraction of sp³-hybridized carbons (Fsp3) is 0.286. The summed E-state index contributed by atoms with van der Waals surface area (Å²) in [5.74, 6) is -1.59. The summed E-state index contributed by atoms with van der Waals surface area (Å²) in [6.45, 7) is 0. The minimum Gasteiger partial charge on any atom is -0.383 e. The molecule has 0 bridgehead atoms. The predicted molar refractivity (Wildman–Crippen MR) is 60.1 cm³/mol. The van der Waals surface area contributed by atoms with E-state index in [1.807, 2.05) is 0 Å². The number of sulfone groups is 2. The van der Waals surface area contributed by atoms with Gasteiger partial charge in [-0.25, -0.2) is 21.8 Å². The second-order valence-electron chi connectivity index (χ2n) is 3.55. The molecule has 0 atom stereocenters. The van der Waals surface area contributed by atoms with E-state index in [-0.39, 0.29) is 6.20 Å². The fourth-order valence-corrected chi connectivity index (χ4v) is 4.18. The maximum absolute atomic E-state index is 12.5. The Kier molecular flexibility index (Phi) is 4.37. The molecule has 0 unspecified atom stereocenters. The van der Waals surface area contributed by atoms with Crippen LogP contribution >= 0.6 is 11.6 Å². The van der Waals surface area contributed by atoms with Gasteiger partial charge in [0.05, 0.1) is 5.02 Å². The van der Waals surface area contributed by atoms with Gasteiger partial charge in [0.2, 0.25) is 0 Å². The van der Waals surface area contributed by atoms with Gasteiger partial charge in [0.25, 0.3) is 19.7 Å². The molecule has 0 aliphatic carbocycles. The normalized spacial score (nSPS) is 14.1. The lowest BCUT2D eigenvalue weighted by Gasteiger charge is -2.16. The minimum absolute atomic E-state index is 0.185. The molecule has 1 heterocycles. The van der Waals surface area contributed by atoms with E-state index in [1.54, 1.807) is 0 Å². The second-order valence-corrected chi connectivity index (χ2v) is 7.71. The van der Waals surface area contributed by atoms with Crippen LogP contribution in [-0.4, -0.2) is 32.8 Å². The summed E-state index contributed by atoms with van der Waals surface area (Å²) in [6, 6.07) is 0. The molecule has 1 aromatic rings. The van der Waals surface area contributed by atoms with Crippen molar-refractivity contribution in [2.75, 3.05) is 5.73 Å². The van der Waals surface area contributed by atoms with Crippen LogP contribution in [0.3, 0.4) is 0 Å². The first kappa shape index (κ1) is 18.8. The van der Waals surface area contributed by atoms with Crippen LogP contribution in [0.25, 0.3) is 0 Å². The van der Waals surface area contributed by atoms with Crippen LogP contribution in [0.1, 0.15) is 0 Å². The summed E-state index contributed by atoms with van der Waals surface area (Å²) >= 11 is 5.12. The zero-order valence-corrected chi connectivity index (χ0v) is 12.1. The molecule has 126 valence electrons. The quantitative estimate of drug-likeness (QED) is 0.770. The number of nitrogens with two attached hydrogens (primary N) is 1. The summed E-state index contributed by atoms with van der Waals surface area (Å²) in [4.78, 5) is -1.85. The van der Waals surface area contributed by atoms with Crippen molar-refractivity contribution >= 4 is 37.1 Å². The molecule has 0 aliphatic heterocycles. The summed E-state index contributed by atoms with van der Waals surface area (Å²) in [7, 11) is -13.1. The molecule has 0 aromatic carbocycles. The third-order valence-electron chi connectivity index (χ3n) is 2.12. The van der Waals surface area contributed by atoms with Crippen molar-refractivity contribution in [1.29, 1.82) is 0 Å². The van der Waals surface area contributed by atoms with Gasteiger partial charge < -0.3 is 5.73 Å². The standard InChI is InChI=1S/C7H3ClF6N2O4S2/c8-2-1-16-5(15)4(22(19,20)7(12,13)14)3(2)21(17,18)6(9,10)11/h1H,(H2,15,16). The van der Waals surface area contributed by atoms with Crippen molar-refractivity contribution in [3.05, 3.63) is 11.2 Å². The van der Waals surface area contributed by atoms with Gasteiger partial charge in [-0.15, -0.1) is 0 Å². The molecule has 15 heteroatoms. The number of hydrogen-bond acceptors (Lipinski definition) is 6. The molecule has 0 saturated heterocycles. The molecule has 0 spiro atoms. The third-order valence-corrected chi connectivity index (χ3v) is 5.78. The number of nitrogen functional groups attached to an aromatic ring is 1. The van der Waals surface area contributed by atoms with Crippen molar-refractivity contribution in [1.82, 2.24) is 4.98 Å². The first-order chi connectivity index (χ1) is 9.55. The number of rotatable bonds is 2. The van der Waals surface area contributed by atoms with E-state index in [0.29, 0.717) is 0 Å². The topological polar surface area (TPSA) is 107 Å². The van der Waals surface area contributed by atoms with Crippen LogP contribution in [0.5, 0.6) is 0 Å². The Bertz CT molecular complexity index is 746. The Labute approximate surface area is 123 Å². The average Bonchev–Trinajstić information content (AvgIpc) is 2.28. The maximum atomic E-state index is 12.5. The van der Waals surface area contributed by atoms with Crippen molar-refractivity contribution in [3.8, 4) is 0 Å². The SMILES string of the molecule is Nc1ncc(Cl)c(S(=O)(=O)C(F)(F)F)c1S(=O)(=O)C(F)(F)F. The number of aromatic nitrogens is 1. The van der Waals surface area contributed by atoms with Gasteiger partial charge in [-0.1, -0.05) is 11.6 Å². The van der Waals surface area contributed by atoms with E-state index < -0.39 is 51.3 Å². The second kappa shape index (κ2) is 5.13. The lowest BCUT2D eigenvalue weighted by atomic mass is 10.4. The van der Waals surface area contributed by atoms with E-state index in [9.17, 15) is 43.2 Å². The molecular formula is C7H3ClF6N2O4S2. The van der Waals surface area contributed by atoms with Crippen LogP contribution in [0, 0.1) is 0 Å². The van der Waals surface area contributed by atoms with Gasteiger partial charge in [0.1, 0.15) is 15.6 Å². The smallest absolute Gasteiger partial charge is 0.383 e. The van der Waals surface area contributed by atoms with Crippen molar-refractivity contribution in [2.24, 2.45) is 0 Å². The van der Waals surface area contributed by atoms with Crippen LogP contribution < -0.4 is 5.73 Å². The van der Waals surface area contributed by atoms with Crippen LogP contribution in [-0.2, 0) is 19.7 Å². The fourth-order valence-electron chi connectivity index (χ4n) is 1.21. The molecular weight excluding hydrogens is 390 g/mol. The lowest BCUT2D eigenvalue weighted by molar-refractivity contribution is -0.0456. The van der Waals surface area contributed by atoms with Crippen molar-refractivity contribution in [2.45, 2.75) is 20.8 Å². The van der Waals surface area contributed by atoms with Crippen molar-refractivity contribution < 1.29 is 43.2 Å². The predicted octanol–water partition coefficient (Wildman–Crippen LogP) is 1.90. The Hall–Kier alpha value is -1.28. The number of halogens is 7. The molecule has 0 fully saturated rings. The monoisotopic (exact) mass is 392 g/mol. The Morgan fingerprint density at radius 3 is 1.64 bits per heavy atom. The van der Waals surface area contributed by atoms with Crippen LogP contribution in [0.4, 0.5) is 32.2 Å². The Morgan fingerprint density at radius 2 is 1.27 bits per heavy atom. The van der Waals surface area contributed by atoms with Gasteiger partial charge in [-0.3, -0.25) is 0 Å². The van der Waals surface area contributed by atoms with Gasteiger partial charge in [-0.2, -0.15) is 26.3 Å². The molecule has 0 radical (unpaired) electrons. The zero-order valence-electron chi connectivity index (χ0n) is 9.70. The van der Waals surface area contributed by atoms with Gasteiger partial charge >= 0.3 is 11.0 Å². The summed E-state index contributed by atoms with van der Waals surface area (Å²) in [5.41, 5.74) is -7.40. The molecule has 0 saturated carbocycles. The maximum Gasteiger partial charge on any atom is 0.502 e. The average molecular weight is 393 g/mol. The molecule has 1 rings (SSSR count). The van der Waals surface area contributed by atoms with Gasteiger partial charge in [0.15, 0.2) is 0 Å². The highest BCUT2D eigenvalue weighted by molar-refractivity contribution is 7.95. The van der Waals surface area contributed by atoms with Crippen molar-refractivity contribution in [3.63, 3.8) is 0 Å². The minimum atomic E-state index is -6.55. The summed E-state index contributed by atoms with van der Waals surface area (Å²) in [6.07, 6.45) is 0.185. The van der Waals surface area contributed by atoms with E-state index in [1.165, 1.54) is 0 Å². The first-order valence-electron chi connectivity index (χ1n) is 4.62. The highest BCUT2D eigenvalue weighted by atomic mass is 35.5.